The van der Waals surface area contributed by atoms with Gasteiger partial charge in [-0.25, -0.2) is 15.0 Å². The first-order valence-electron chi connectivity index (χ1n) is 7.60. The number of ether oxygens (including phenoxy) is 2. The first-order chi connectivity index (χ1) is 12.1. The predicted molar refractivity (Wildman–Crippen MR) is 94.8 cm³/mol. The molecule has 4 aromatic rings. The van der Waals surface area contributed by atoms with Crippen LogP contribution in [0.4, 0.5) is 0 Å². The predicted octanol–water partition coefficient (Wildman–Crippen LogP) is 4.38. The van der Waals surface area contributed by atoms with Gasteiger partial charge in [-0.05, 0) is 30.3 Å². The molecular weight excluding hydrogens is 342 g/mol. The molecule has 0 radical (unpaired) electrons. The largest absolute Gasteiger partial charge is 0.467 e. The van der Waals surface area contributed by atoms with Gasteiger partial charge in [-0.1, -0.05) is 11.6 Å². The second-order valence-corrected chi connectivity index (χ2v) is 5.86. The van der Waals surface area contributed by atoms with E-state index < -0.39 is 0 Å². The maximum Gasteiger partial charge on any atom is 0.192 e. The van der Waals surface area contributed by atoms with Crippen molar-refractivity contribution in [2.75, 3.05) is 13.9 Å². The SMILES string of the molecule is COCOc1cc2nc(C)oc2cc1-c1ccc2nc(Cl)ccc2n1. The molecule has 3 heterocycles. The van der Waals surface area contributed by atoms with E-state index in [2.05, 4.69) is 15.0 Å². The summed E-state index contributed by atoms with van der Waals surface area (Å²) in [7, 11) is 1.57. The van der Waals surface area contributed by atoms with Crippen LogP contribution in [0.3, 0.4) is 0 Å². The molecule has 0 aliphatic rings. The van der Waals surface area contributed by atoms with Crippen molar-refractivity contribution in [1.82, 2.24) is 15.0 Å². The number of methoxy groups -OCH3 is 1. The number of aromatic nitrogens is 3. The van der Waals surface area contributed by atoms with E-state index in [0.29, 0.717) is 22.4 Å². The third kappa shape index (κ3) is 3.01. The van der Waals surface area contributed by atoms with E-state index >= 15 is 0 Å². The molecule has 0 aliphatic heterocycles. The molecule has 0 amide bonds. The van der Waals surface area contributed by atoms with E-state index in [1.165, 1.54) is 0 Å². The van der Waals surface area contributed by atoms with Crippen LogP contribution in [0, 0.1) is 6.92 Å². The number of fused-ring (bicyclic) bond motifs is 2. The minimum absolute atomic E-state index is 0.125. The van der Waals surface area contributed by atoms with Crippen LogP contribution in [-0.2, 0) is 4.74 Å². The zero-order chi connectivity index (χ0) is 17.4. The molecular formula is C18H14ClN3O3. The molecule has 0 N–H and O–H groups in total. The molecule has 0 unspecified atom stereocenters. The summed E-state index contributed by atoms with van der Waals surface area (Å²) < 4.78 is 16.4. The molecule has 0 saturated heterocycles. The van der Waals surface area contributed by atoms with Crippen LogP contribution in [0.25, 0.3) is 33.4 Å². The number of oxazole rings is 1. The molecule has 0 fully saturated rings. The molecule has 3 aromatic heterocycles. The van der Waals surface area contributed by atoms with Crippen LogP contribution in [0.1, 0.15) is 5.89 Å². The van der Waals surface area contributed by atoms with Crippen LogP contribution < -0.4 is 4.74 Å². The minimum Gasteiger partial charge on any atom is -0.467 e. The average molecular weight is 356 g/mol. The van der Waals surface area contributed by atoms with Gasteiger partial charge in [0.15, 0.2) is 18.3 Å². The van der Waals surface area contributed by atoms with E-state index in [1.807, 2.05) is 30.3 Å². The Balaban J connectivity index is 1.89. The fourth-order valence-electron chi connectivity index (χ4n) is 2.65. The van der Waals surface area contributed by atoms with Gasteiger partial charge >= 0.3 is 0 Å². The highest BCUT2D eigenvalue weighted by atomic mass is 35.5. The zero-order valence-electron chi connectivity index (χ0n) is 13.6. The second kappa shape index (κ2) is 6.31. The van der Waals surface area contributed by atoms with E-state index in [1.54, 1.807) is 20.1 Å². The number of benzene rings is 1. The average Bonchev–Trinajstić information content (AvgIpc) is 2.97. The van der Waals surface area contributed by atoms with Gasteiger partial charge in [0, 0.05) is 25.7 Å². The molecule has 6 nitrogen and oxygen atoms in total. The molecule has 0 bridgehead atoms. The van der Waals surface area contributed by atoms with Crippen molar-refractivity contribution in [2.24, 2.45) is 0 Å². The number of nitrogens with zero attached hydrogens (tertiary/aromatic N) is 3. The van der Waals surface area contributed by atoms with Crippen LogP contribution in [0.15, 0.2) is 40.8 Å². The van der Waals surface area contributed by atoms with Crippen molar-refractivity contribution in [2.45, 2.75) is 6.92 Å². The molecule has 1 aromatic carbocycles. The Morgan fingerprint density at radius 3 is 2.64 bits per heavy atom. The lowest BCUT2D eigenvalue weighted by molar-refractivity contribution is 0.0516. The third-order valence-corrected chi connectivity index (χ3v) is 3.92. The molecule has 25 heavy (non-hydrogen) atoms. The summed E-state index contributed by atoms with van der Waals surface area (Å²) in [5.41, 5.74) is 4.40. The Kier molecular flexibility index (Phi) is 3.99. The van der Waals surface area contributed by atoms with Crippen molar-refractivity contribution >= 4 is 33.7 Å². The Hall–Kier alpha value is -2.70. The molecule has 0 aliphatic carbocycles. The van der Waals surface area contributed by atoms with Gasteiger partial charge in [0.2, 0.25) is 0 Å². The molecule has 7 heteroatoms. The maximum atomic E-state index is 5.93. The number of aryl methyl sites for hydroxylation is 1. The summed E-state index contributed by atoms with van der Waals surface area (Å²) in [6, 6.07) is 11.0. The summed E-state index contributed by atoms with van der Waals surface area (Å²) in [6.07, 6.45) is 0. The Morgan fingerprint density at radius 1 is 1.00 bits per heavy atom. The number of hydrogen-bond donors (Lipinski definition) is 0. The highest BCUT2D eigenvalue weighted by Crippen LogP contribution is 2.34. The minimum atomic E-state index is 0.125. The quantitative estimate of drug-likeness (QED) is 0.399. The standard InChI is InChI=1S/C18H14ClN3O3/c1-10-20-15-8-16(24-9-23-2)11(7-17(15)25-10)12-3-4-14-13(21-12)5-6-18(19)22-14/h3-8H,9H2,1-2H3. The van der Waals surface area contributed by atoms with E-state index in [-0.39, 0.29) is 6.79 Å². The van der Waals surface area contributed by atoms with Crippen LogP contribution in [-0.4, -0.2) is 28.9 Å². The van der Waals surface area contributed by atoms with E-state index in [0.717, 1.165) is 27.8 Å². The Morgan fingerprint density at radius 2 is 1.80 bits per heavy atom. The zero-order valence-corrected chi connectivity index (χ0v) is 14.4. The Labute approximate surface area is 148 Å². The number of pyridine rings is 2. The van der Waals surface area contributed by atoms with Gasteiger partial charge in [-0.2, -0.15) is 0 Å². The number of rotatable bonds is 4. The summed E-state index contributed by atoms with van der Waals surface area (Å²) in [5, 5.41) is 0.435. The van der Waals surface area contributed by atoms with Crippen molar-refractivity contribution in [3.63, 3.8) is 0 Å². The van der Waals surface area contributed by atoms with Gasteiger partial charge in [0.05, 0.1) is 16.7 Å². The third-order valence-electron chi connectivity index (χ3n) is 3.71. The lowest BCUT2D eigenvalue weighted by Gasteiger charge is -2.11. The van der Waals surface area contributed by atoms with Crippen LogP contribution in [0.5, 0.6) is 5.75 Å². The van der Waals surface area contributed by atoms with Crippen LogP contribution >= 0.6 is 11.6 Å². The van der Waals surface area contributed by atoms with Crippen LogP contribution in [0.2, 0.25) is 5.15 Å². The first-order valence-corrected chi connectivity index (χ1v) is 7.98. The molecule has 0 saturated carbocycles. The highest BCUT2D eigenvalue weighted by molar-refractivity contribution is 6.29. The summed E-state index contributed by atoms with van der Waals surface area (Å²) >= 11 is 5.93. The topological polar surface area (TPSA) is 70.3 Å². The molecule has 4 rings (SSSR count). The second-order valence-electron chi connectivity index (χ2n) is 5.47. The van der Waals surface area contributed by atoms with Crippen molar-refractivity contribution in [3.8, 4) is 17.0 Å². The monoisotopic (exact) mass is 355 g/mol. The smallest absolute Gasteiger partial charge is 0.192 e. The van der Waals surface area contributed by atoms with Gasteiger partial charge in [-0.3, -0.25) is 0 Å². The summed E-state index contributed by atoms with van der Waals surface area (Å²) in [5.74, 6) is 1.21. The lowest BCUT2D eigenvalue weighted by atomic mass is 10.1. The number of hydrogen-bond acceptors (Lipinski definition) is 6. The van der Waals surface area contributed by atoms with Gasteiger partial charge in [0.1, 0.15) is 16.4 Å². The van der Waals surface area contributed by atoms with Crippen molar-refractivity contribution < 1.29 is 13.9 Å². The van der Waals surface area contributed by atoms with E-state index in [4.69, 9.17) is 25.5 Å². The summed E-state index contributed by atoms with van der Waals surface area (Å²) in [4.78, 5) is 13.3. The summed E-state index contributed by atoms with van der Waals surface area (Å²) in [6.45, 7) is 1.93. The lowest BCUT2D eigenvalue weighted by Crippen LogP contribution is -2.01. The normalized spacial score (nSPS) is 11.3. The molecule has 126 valence electrons. The molecule has 0 spiro atoms. The van der Waals surface area contributed by atoms with Gasteiger partial charge in [-0.15, -0.1) is 0 Å². The molecule has 0 atom stereocenters. The fourth-order valence-corrected chi connectivity index (χ4v) is 2.80. The van der Waals surface area contributed by atoms with Crippen molar-refractivity contribution in [3.05, 3.63) is 47.4 Å². The Bertz CT molecular complexity index is 1080. The van der Waals surface area contributed by atoms with Crippen molar-refractivity contribution in [1.29, 1.82) is 0 Å². The van der Waals surface area contributed by atoms with Gasteiger partial charge < -0.3 is 13.9 Å². The number of halogens is 1. The van der Waals surface area contributed by atoms with E-state index in [9.17, 15) is 0 Å². The highest BCUT2D eigenvalue weighted by Gasteiger charge is 2.14. The first kappa shape index (κ1) is 15.8. The maximum absolute atomic E-state index is 5.93. The van der Waals surface area contributed by atoms with Gasteiger partial charge in [0.25, 0.3) is 0 Å². The fraction of sp³-hybridized carbons (Fsp3) is 0.167.